The summed E-state index contributed by atoms with van der Waals surface area (Å²) in [7, 11) is 0. The van der Waals surface area contributed by atoms with Gasteiger partial charge in [-0.05, 0) is 18.8 Å². The third-order valence-electron chi connectivity index (χ3n) is 7.94. The van der Waals surface area contributed by atoms with Gasteiger partial charge in [0.2, 0.25) is 0 Å². The number of esters is 2. The molecule has 0 radical (unpaired) electrons. The lowest BCUT2D eigenvalue weighted by atomic mass is 10.00. The first-order valence-electron chi connectivity index (χ1n) is 17.0. The molecule has 0 aromatic rings. The summed E-state index contributed by atoms with van der Waals surface area (Å²) in [6.45, 7) is 6.44. The Morgan fingerprint density at radius 3 is 1.44 bits per heavy atom. The van der Waals surface area contributed by atoms with E-state index in [1.807, 2.05) is 0 Å². The standard InChI is InChI=1S/C34H66O5/c1-4-6-7-8-9-10-11-12-13-14-15-16-17-21-24-27-33(36)38-30-32(29-35)39-34(37)28-25-22-19-18-20-23-26-31(3)5-2/h31-32,35H,4-30H2,1-3H3/t31?,32-/m0/s1. The van der Waals surface area contributed by atoms with Gasteiger partial charge in [0, 0.05) is 12.8 Å². The fourth-order valence-electron chi connectivity index (χ4n) is 4.94. The van der Waals surface area contributed by atoms with Gasteiger partial charge >= 0.3 is 11.9 Å². The highest BCUT2D eigenvalue weighted by atomic mass is 16.6. The number of aliphatic hydroxyl groups is 1. The number of carbonyl (C=O) groups is 2. The molecule has 0 saturated heterocycles. The van der Waals surface area contributed by atoms with Crippen LogP contribution in [0.1, 0.15) is 181 Å². The molecule has 232 valence electrons. The molecule has 1 unspecified atom stereocenters. The molecule has 0 heterocycles. The molecule has 2 atom stereocenters. The first-order valence-corrected chi connectivity index (χ1v) is 17.0. The Morgan fingerprint density at radius 2 is 1.00 bits per heavy atom. The molecule has 0 rings (SSSR count). The predicted octanol–water partition coefficient (Wildman–Crippen LogP) is 9.86. The number of hydrogen-bond acceptors (Lipinski definition) is 5. The van der Waals surface area contributed by atoms with Crippen LogP contribution in [-0.2, 0) is 19.1 Å². The van der Waals surface area contributed by atoms with Crippen molar-refractivity contribution in [2.24, 2.45) is 5.92 Å². The van der Waals surface area contributed by atoms with E-state index in [2.05, 4.69) is 20.8 Å². The third kappa shape index (κ3) is 28.2. The molecule has 39 heavy (non-hydrogen) atoms. The summed E-state index contributed by atoms with van der Waals surface area (Å²) >= 11 is 0. The number of rotatable bonds is 30. The maximum absolute atomic E-state index is 12.1. The van der Waals surface area contributed by atoms with Crippen molar-refractivity contribution in [1.29, 1.82) is 0 Å². The van der Waals surface area contributed by atoms with Crippen LogP contribution in [0.4, 0.5) is 0 Å². The molecule has 1 N–H and O–H groups in total. The lowest BCUT2D eigenvalue weighted by Gasteiger charge is -2.15. The fraction of sp³-hybridized carbons (Fsp3) is 0.941. The lowest BCUT2D eigenvalue weighted by Crippen LogP contribution is -2.28. The van der Waals surface area contributed by atoms with E-state index in [1.165, 1.54) is 116 Å². The Balaban J connectivity index is 3.54. The van der Waals surface area contributed by atoms with Crippen molar-refractivity contribution < 1.29 is 24.2 Å². The van der Waals surface area contributed by atoms with Crippen molar-refractivity contribution in [3.8, 4) is 0 Å². The second-order valence-electron chi connectivity index (χ2n) is 11.9. The average Bonchev–Trinajstić information content (AvgIpc) is 2.94. The normalized spacial score (nSPS) is 12.8. The Morgan fingerprint density at radius 1 is 0.590 bits per heavy atom. The largest absolute Gasteiger partial charge is 0.462 e. The topological polar surface area (TPSA) is 72.8 Å². The van der Waals surface area contributed by atoms with Crippen LogP contribution in [0.3, 0.4) is 0 Å². The maximum Gasteiger partial charge on any atom is 0.306 e. The number of unbranched alkanes of at least 4 members (excludes halogenated alkanes) is 19. The summed E-state index contributed by atoms with van der Waals surface area (Å²) in [6.07, 6.45) is 28.7. The SMILES string of the molecule is CCCCCCCCCCCCCCCCCC(=O)OC[C@H](CO)OC(=O)CCCCCCCCC(C)CC. The summed E-state index contributed by atoms with van der Waals surface area (Å²) in [5.41, 5.74) is 0. The van der Waals surface area contributed by atoms with Gasteiger partial charge in [0.05, 0.1) is 6.61 Å². The zero-order valence-corrected chi connectivity index (χ0v) is 26.3. The minimum Gasteiger partial charge on any atom is -0.462 e. The van der Waals surface area contributed by atoms with Gasteiger partial charge in [0.1, 0.15) is 6.61 Å². The van der Waals surface area contributed by atoms with Crippen LogP contribution in [0.15, 0.2) is 0 Å². The average molecular weight is 555 g/mol. The summed E-state index contributed by atoms with van der Waals surface area (Å²) in [5.74, 6) is 0.240. The monoisotopic (exact) mass is 554 g/mol. The molecule has 0 saturated carbocycles. The fourth-order valence-corrected chi connectivity index (χ4v) is 4.94. The lowest BCUT2D eigenvalue weighted by molar-refractivity contribution is -0.161. The maximum atomic E-state index is 12.1. The predicted molar refractivity (Wildman–Crippen MR) is 164 cm³/mol. The van der Waals surface area contributed by atoms with Gasteiger partial charge in [0.25, 0.3) is 0 Å². The number of aliphatic hydroxyl groups excluding tert-OH is 1. The van der Waals surface area contributed by atoms with Gasteiger partial charge in [-0.1, -0.05) is 156 Å². The highest BCUT2D eigenvalue weighted by Crippen LogP contribution is 2.16. The van der Waals surface area contributed by atoms with Gasteiger partial charge in [-0.2, -0.15) is 0 Å². The van der Waals surface area contributed by atoms with Crippen molar-refractivity contribution in [3.63, 3.8) is 0 Å². The third-order valence-corrected chi connectivity index (χ3v) is 7.94. The number of carbonyl (C=O) groups excluding carboxylic acids is 2. The zero-order chi connectivity index (χ0) is 28.8. The first-order chi connectivity index (χ1) is 19.0. The van der Waals surface area contributed by atoms with E-state index in [0.29, 0.717) is 12.8 Å². The van der Waals surface area contributed by atoms with E-state index >= 15 is 0 Å². The van der Waals surface area contributed by atoms with Crippen LogP contribution < -0.4 is 0 Å². The first kappa shape index (κ1) is 37.9. The number of hydrogen-bond donors (Lipinski definition) is 1. The van der Waals surface area contributed by atoms with Crippen LogP contribution in [0.5, 0.6) is 0 Å². The molecule has 0 aliphatic rings. The Hall–Kier alpha value is -1.10. The van der Waals surface area contributed by atoms with Crippen LogP contribution in [0.2, 0.25) is 0 Å². The Labute approximate surface area is 242 Å². The van der Waals surface area contributed by atoms with E-state index in [-0.39, 0.29) is 25.2 Å². The van der Waals surface area contributed by atoms with Crippen molar-refractivity contribution in [2.75, 3.05) is 13.2 Å². The molecule has 0 spiro atoms. The van der Waals surface area contributed by atoms with Crippen molar-refractivity contribution in [3.05, 3.63) is 0 Å². The molecule has 0 amide bonds. The molecule has 0 aromatic carbocycles. The highest BCUT2D eigenvalue weighted by Gasteiger charge is 2.16. The van der Waals surface area contributed by atoms with E-state index in [0.717, 1.165) is 38.0 Å². The second kappa shape index (κ2) is 29.9. The van der Waals surface area contributed by atoms with Crippen LogP contribution in [-0.4, -0.2) is 36.4 Å². The van der Waals surface area contributed by atoms with Crippen LogP contribution in [0.25, 0.3) is 0 Å². The van der Waals surface area contributed by atoms with Crippen molar-refractivity contribution >= 4 is 11.9 Å². The molecular weight excluding hydrogens is 488 g/mol. The smallest absolute Gasteiger partial charge is 0.306 e. The van der Waals surface area contributed by atoms with Gasteiger partial charge in [-0.25, -0.2) is 0 Å². The Kier molecular flexibility index (Phi) is 29.0. The summed E-state index contributed by atoms with van der Waals surface area (Å²) in [5, 5.41) is 9.49. The van der Waals surface area contributed by atoms with Gasteiger partial charge < -0.3 is 14.6 Å². The molecular formula is C34H66O5. The van der Waals surface area contributed by atoms with Crippen molar-refractivity contribution in [2.45, 2.75) is 187 Å². The van der Waals surface area contributed by atoms with Crippen LogP contribution >= 0.6 is 0 Å². The minimum atomic E-state index is -0.761. The highest BCUT2D eigenvalue weighted by molar-refractivity contribution is 5.70. The summed E-state index contributed by atoms with van der Waals surface area (Å²) in [6, 6.07) is 0. The molecule has 0 bridgehead atoms. The summed E-state index contributed by atoms with van der Waals surface area (Å²) < 4.78 is 10.5. The van der Waals surface area contributed by atoms with E-state index in [1.54, 1.807) is 0 Å². The summed E-state index contributed by atoms with van der Waals surface area (Å²) in [4.78, 5) is 24.1. The quantitative estimate of drug-likeness (QED) is 0.0706. The molecule has 0 aliphatic heterocycles. The van der Waals surface area contributed by atoms with Gasteiger partial charge in [-0.15, -0.1) is 0 Å². The van der Waals surface area contributed by atoms with Gasteiger partial charge in [0.15, 0.2) is 6.10 Å². The van der Waals surface area contributed by atoms with E-state index < -0.39 is 6.10 Å². The van der Waals surface area contributed by atoms with Crippen LogP contribution in [0, 0.1) is 5.92 Å². The zero-order valence-electron chi connectivity index (χ0n) is 26.3. The van der Waals surface area contributed by atoms with E-state index in [4.69, 9.17) is 9.47 Å². The molecule has 5 nitrogen and oxygen atoms in total. The molecule has 0 aliphatic carbocycles. The molecule has 0 fully saturated rings. The molecule has 0 aromatic heterocycles. The second-order valence-corrected chi connectivity index (χ2v) is 11.9. The van der Waals surface area contributed by atoms with Gasteiger partial charge in [-0.3, -0.25) is 9.59 Å². The molecule has 5 heteroatoms. The minimum absolute atomic E-state index is 0.0595. The van der Waals surface area contributed by atoms with E-state index in [9.17, 15) is 14.7 Å². The van der Waals surface area contributed by atoms with Crippen molar-refractivity contribution in [1.82, 2.24) is 0 Å². The number of ether oxygens (including phenoxy) is 2. The Bertz CT molecular complexity index is 536.